The van der Waals surface area contributed by atoms with Gasteiger partial charge in [0.1, 0.15) is 5.57 Å². The first-order valence-corrected chi connectivity index (χ1v) is 12.5. The minimum atomic E-state index is -0.879. The second-order valence-electron chi connectivity index (χ2n) is 8.35. The van der Waals surface area contributed by atoms with Crippen molar-refractivity contribution in [1.82, 2.24) is 5.32 Å². The van der Waals surface area contributed by atoms with Crippen LogP contribution in [0.3, 0.4) is 0 Å². The number of rotatable bonds is 8. The Morgan fingerprint density at radius 1 is 0.974 bits per heavy atom. The monoisotopic (exact) mass is 567 g/mol. The molecule has 9 nitrogen and oxygen atoms in total. The fourth-order valence-corrected chi connectivity index (χ4v) is 4.03. The summed E-state index contributed by atoms with van der Waals surface area (Å²) in [7, 11) is 0. The molecule has 1 fully saturated rings. The molecule has 1 heterocycles. The predicted octanol–water partition coefficient (Wildman–Crippen LogP) is 5.38. The van der Waals surface area contributed by atoms with E-state index < -0.39 is 23.8 Å². The first-order valence-electron chi connectivity index (χ1n) is 11.8. The number of benzene rings is 3. The molecule has 3 aromatic rings. The number of para-hydroxylation sites is 1. The van der Waals surface area contributed by atoms with Gasteiger partial charge in [0.25, 0.3) is 17.7 Å². The molecule has 1 aliphatic heterocycles. The minimum Gasteiger partial charge on any atom is -0.490 e. The van der Waals surface area contributed by atoms with E-state index in [-0.39, 0.29) is 30.2 Å². The number of nitrogens with one attached hydrogen (secondary N) is 2. The van der Waals surface area contributed by atoms with Gasteiger partial charge in [-0.15, -0.1) is 0 Å². The fraction of sp³-hybridized carbons (Fsp3) is 0.143. The third-order valence-electron chi connectivity index (χ3n) is 5.60. The molecule has 0 atom stereocenters. The number of hydrogen-bond acceptors (Lipinski definition) is 6. The van der Waals surface area contributed by atoms with Gasteiger partial charge in [-0.2, -0.15) is 0 Å². The van der Waals surface area contributed by atoms with E-state index >= 15 is 0 Å². The SMILES string of the molecule is CCOc1cc(/C=C2\C(=O)NC(=O)N(c3ccc(C)c(Cl)c3)C2=O)ccc1OCC(=O)Nc1ccccc1Cl. The largest absolute Gasteiger partial charge is 0.490 e. The fourth-order valence-electron chi connectivity index (χ4n) is 3.67. The summed E-state index contributed by atoms with van der Waals surface area (Å²) in [5.41, 5.74) is 1.61. The highest BCUT2D eigenvalue weighted by Crippen LogP contribution is 2.31. The molecular weight excluding hydrogens is 545 g/mol. The standard InChI is InChI=1S/C28H23Cl2N3O6/c1-3-38-24-13-17(9-11-23(24)39-15-25(34)31-22-7-5-4-6-20(22)29)12-19-26(35)32-28(37)33(27(19)36)18-10-8-16(2)21(30)14-18/h4-14H,3,15H2,1-2H3,(H,31,34)(H,32,35,37)/b19-12+. The number of anilines is 2. The Kier molecular flexibility index (Phi) is 8.53. The van der Waals surface area contributed by atoms with Crippen LogP contribution in [0.25, 0.3) is 6.08 Å². The van der Waals surface area contributed by atoms with Crippen molar-refractivity contribution in [3.8, 4) is 11.5 Å². The molecule has 200 valence electrons. The first-order chi connectivity index (χ1) is 18.7. The maximum atomic E-state index is 13.2. The van der Waals surface area contributed by atoms with Crippen LogP contribution in [0.15, 0.2) is 66.2 Å². The van der Waals surface area contributed by atoms with Crippen LogP contribution in [-0.2, 0) is 14.4 Å². The van der Waals surface area contributed by atoms with Gasteiger partial charge in [0.2, 0.25) is 0 Å². The summed E-state index contributed by atoms with van der Waals surface area (Å²) in [6.07, 6.45) is 1.34. The Hall–Kier alpha value is -4.34. The lowest BCUT2D eigenvalue weighted by Gasteiger charge is -2.26. The molecule has 39 heavy (non-hydrogen) atoms. The number of hydrogen-bond donors (Lipinski definition) is 2. The molecule has 4 rings (SSSR count). The Morgan fingerprint density at radius 2 is 1.74 bits per heavy atom. The van der Waals surface area contributed by atoms with Crippen LogP contribution < -0.4 is 25.0 Å². The van der Waals surface area contributed by atoms with Crippen molar-refractivity contribution in [2.75, 3.05) is 23.4 Å². The quantitative estimate of drug-likeness (QED) is 0.279. The van der Waals surface area contributed by atoms with Crippen LogP contribution in [-0.4, -0.2) is 37.0 Å². The van der Waals surface area contributed by atoms with Crippen LogP contribution in [0.4, 0.5) is 16.2 Å². The highest BCUT2D eigenvalue weighted by atomic mass is 35.5. The lowest BCUT2D eigenvalue weighted by atomic mass is 10.1. The number of barbiturate groups is 1. The zero-order valence-electron chi connectivity index (χ0n) is 20.9. The Morgan fingerprint density at radius 3 is 2.46 bits per heavy atom. The molecule has 3 aromatic carbocycles. The maximum absolute atomic E-state index is 13.2. The molecule has 0 unspecified atom stereocenters. The van der Waals surface area contributed by atoms with E-state index in [0.29, 0.717) is 27.0 Å². The van der Waals surface area contributed by atoms with Gasteiger partial charge in [0, 0.05) is 5.02 Å². The van der Waals surface area contributed by atoms with Crippen LogP contribution in [0.2, 0.25) is 10.0 Å². The van der Waals surface area contributed by atoms with E-state index in [0.717, 1.165) is 10.5 Å². The molecule has 0 aliphatic carbocycles. The van der Waals surface area contributed by atoms with Crippen LogP contribution in [0, 0.1) is 6.92 Å². The van der Waals surface area contributed by atoms with Crippen LogP contribution in [0.5, 0.6) is 11.5 Å². The average Bonchev–Trinajstić information content (AvgIpc) is 2.89. The molecule has 11 heteroatoms. The normalized spacial score (nSPS) is 14.3. The van der Waals surface area contributed by atoms with Gasteiger partial charge in [-0.3, -0.25) is 19.7 Å². The highest BCUT2D eigenvalue weighted by Gasteiger charge is 2.37. The summed E-state index contributed by atoms with van der Waals surface area (Å²) in [6, 6.07) is 15.3. The molecule has 0 aromatic heterocycles. The number of imide groups is 2. The average molecular weight is 568 g/mol. The number of ether oxygens (including phenoxy) is 2. The summed E-state index contributed by atoms with van der Waals surface area (Å²) in [6.45, 7) is 3.53. The zero-order valence-corrected chi connectivity index (χ0v) is 22.4. The molecule has 0 spiro atoms. The number of urea groups is 1. The van der Waals surface area contributed by atoms with Crippen molar-refractivity contribution in [2.24, 2.45) is 0 Å². The van der Waals surface area contributed by atoms with E-state index in [1.165, 1.54) is 12.1 Å². The van der Waals surface area contributed by atoms with Gasteiger partial charge in [-0.1, -0.05) is 47.5 Å². The Bertz CT molecular complexity index is 1500. The molecule has 0 saturated carbocycles. The topological polar surface area (TPSA) is 114 Å². The number of amides is 5. The predicted molar refractivity (Wildman–Crippen MR) is 148 cm³/mol. The Balaban J connectivity index is 1.55. The molecule has 2 N–H and O–H groups in total. The molecule has 1 aliphatic rings. The van der Waals surface area contributed by atoms with E-state index in [4.69, 9.17) is 32.7 Å². The highest BCUT2D eigenvalue weighted by molar-refractivity contribution is 6.39. The second-order valence-corrected chi connectivity index (χ2v) is 9.16. The zero-order chi connectivity index (χ0) is 28.1. The van der Waals surface area contributed by atoms with E-state index in [9.17, 15) is 19.2 Å². The summed E-state index contributed by atoms with van der Waals surface area (Å²) in [4.78, 5) is 51.4. The van der Waals surface area contributed by atoms with Crippen molar-refractivity contribution in [3.63, 3.8) is 0 Å². The number of aryl methyl sites for hydroxylation is 1. The van der Waals surface area contributed by atoms with Crippen molar-refractivity contribution in [3.05, 3.63) is 87.4 Å². The summed E-state index contributed by atoms with van der Waals surface area (Å²) in [5.74, 6) is -1.51. The lowest BCUT2D eigenvalue weighted by molar-refractivity contribution is -0.122. The first kappa shape index (κ1) is 27.7. The maximum Gasteiger partial charge on any atom is 0.335 e. The third kappa shape index (κ3) is 6.39. The van der Waals surface area contributed by atoms with Crippen LogP contribution in [0.1, 0.15) is 18.1 Å². The summed E-state index contributed by atoms with van der Waals surface area (Å²) < 4.78 is 11.3. The number of halogens is 2. The van der Waals surface area contributed by atoms with Crippen molar-refractivity contribution in [2.45, 2.75) is 13.8 Å². The van der Waals surface area contributed by atoms with E-state index in [1.807, 2.05) is 0 Å². The van der Waals surface area contributed by atoms with Crippen LogP contribution >= 0.6 is 23.2 Å². The number of nitrogens with zero attached hydrogens (tertiary/aromatic N) is 1. The lowest BCUT2D eigenvalue weighted by Crippen LogP contribution is -2.54. The third-order valence-corrected chi connectivity index (χ3v) is 6.34. The summed E-state index contributed by atoms with van der Waals surface area (Å²) >= 11 is 12.2. The van der Waals surface area contributed by atoms with E-state index in [1.54, 1.807) is 68.4 Å². The molecule has 5 amide bonds. The number of carbonyl (C=O) groups excluding carboxylic acids is 4. The van der Waals surface area contributed by atoms with Gasteiger partial charge >= 0.3 is 6.03 Å². The summed E-state index contributed by atoms with van der Waals surface area (Å²) in [5, 5.41) is 5.61. The second kappa shape index (κ2) is 12.0. The van der Waals surface area contributed by atoms with Crippen molar-refractivity contribution in [1.29, 1.82) is 0 Å². The molecule has 0 radical (unpaired) electrons. The van der Waals surface area contributed by atoms with Gasteiger partial charge in [-0.05, 0) is 67.4 Å². The molecule has 1 saturated heterocycles. The van der Waals surface area contributed by atoms with Gasteiger partial charge in [0.05, 0.1) is 23.0 Å². The van der Waals surface area contributed by atoms with Gasteiger partial charge < -0.3 is 14.8 Å². The minimum absolute atomic E-state index is 0.223. The van der Waals surface area contributed by atoms with Gasteiger partial charge in [0.15, 0.2) is 18.1 Å². The van der Waals surface area contributed by atoms with E-state index in [2.05, 4.69) is 10.6 Å². The number of carbonyl (C=O) groups is 4. The van der Waals surface area contributed by atoms with Crippen molar-refractivity contribution >= 4 is 64.4 Å². The molecular formula is C28H23Cl2N3O6. The van der Waals surface area contributed by atoms with Crippen molar-refractivity contribution < 1.29 is 28.7 Å². The molecule has 0 bridgehead atoms. The van der Waals surface area contributed by atoms with Gasteiger partial charge in [-0.25, -0.2) is 9.69 Å². The smallest absolute Gasteiger partial charge is 0.335 e. The Labute approximate surface area is 234 Å².